The van der Waals surface area contributed by atoms with Gasteiger partial charge in [-0.1, -0.05) is 51.1 Å². The molecule has 39 heavy (non-hydrogen) atoms. The second-order valence-corrected chi connectivity index (χ2v) is 10.4. The Bertz CT molecular complexity index is 1550. The van der Waals surface area contributed by atoms with Crippen molar-refractivity contribution < 1.29 is 17.9 Å². The molecule has 0 radical (unpaired) electrons. The van der Waals surface area contributed by atoms with Gasteiger partial charge in [0.05, 0.1) is 6.57 Å². The first-order chi connectivity index (χ1) is 18.7. The van der Waals surface area contributed by atoms with Gasteiger partial charge in [0, 0.05) is 23.1 Å². The maximum Gasteiger partial charge on any atom is 0.335 e. The number of rotatable bonds is 5. The summed E-state index contributed by atoms with van der Waals surface area (Å²) >= 11 is -0.750. The highest BCUT2D eigenvalue weighted by atomic mass is 32.1. The number of para-hydroxylation sites is 1. The molecule has 9 nitrogen and oxygen atoms in total. The molecule has 5 rings (SSSR count). The van der Waals surface area contributed by atoms with Crippen LogP contribution in [-0.4, -0.2) is 35.1 Å². The van der Waals surface area contributed by atoms with Crippen LogP contribution in [0.4, 0.5) is 17.1 Å². The molecule has 2 aromatic heterocycles. The van der Waals surface area contributed by atoms with Crippen LogP contribution >= 0.6 is 0 Å². The smallest absolute Gasteiger partial charge is 0.335 e. The van der Waals surface area contributed by atoms with E-state index in [2.05, 4.69) is 49.0 Å². The summed E-state index contributed by atoms with van der Waals surface area (Å²) in [5.41, 5.74) is 4.85. The summed E-state index contributed by atoms with van der Waals surface area (Å²) in [7, 11) is 0. The van der Waals surface area contributed by atoms with Crippen molar-refractivity contribution in [3.05, 3.63) is 77.3 Å². The molecule has 0 saturated heterocycles. The van der Waals surface area contributed by atoms with Gasteiger partial charge in [-0.2, -0.15) is 8.42 Å². The summed E-state index contributed by atoms with van der Waals surface area (Å²) in [6.07, 6.45) is 3.51. The lowest BCUT2D eigenvalue weighted by molar-refractivity contribution is -0.0249. The van der Waals surface area contributed by atoms with Crippen LogP contribution in [0, 0.1) is 31.2 Å². The first-order valence-corrected chi connectivity index (χ1v) is 13.5. The molecule has 2 unspecified atom stereocenters. The van der Waals surface area contributed by atoms with Gasteiger partial charge < -0.3 is 10.1 Å². The first-order valence-electron chi connectivity index (χ1n) is 12.8. The van der Waals surface area contributed by atoms with E-state index in [1.165, 1.54) is 0 Å². The minimum atomic E-state index is -0.750. The number of ether oxygens (including phenoxy) is 1. The van der Waals surface area contributed by atoms with Gasteiger partial charge >= 0.3 is 17.5 Å². The molecule has 1 aliphatic carbocycles. The van der Waals surface area contributed by atoms with E-state index in [-0.39, 0.29) is 29.2 Å². The van der Waals surface area contributed by atoms with Crippen molar-refractivity contribution in [2.75, 3.05) is 5.32 Å². The lowest BCUT2D eigenvalue weighted by atomic mass is 9.75. The van der Waals surface area contributed by atoms with Gasteiger partial charge in [0.2, 0.25) is 5.69 Å². The Balaban J connectivity index is 0.00000112. The van der Waals surface area contributed by atoms with Crippen LogP contribution in [0.5, 0.6) is 0 Å². The van der Waals surface area contributed by atoms with Crippen LogP contribution in [0.25, 0.3) is 21.9 Å². The zero-order valence-electron chi connectivity index (χ0n) is 22.3. The number of nitrogens with one attached hydrogen (secondary N) is 2. The third-order valence-corrected chi connectivity index (χ3v) is 7.20. The van der Waals surface area contributed by atoms with E-state index in [0.717, 1.165) is 35.3 Å². The third-order valence-electron chi connectivity index (χ3n) is 7.20. The molecule has 0 amide bonds. The average Bonchev–Trinajstić information content (AvgIpc) is 3.46. The summed E-state index contributed by atoms with van der Waals surface area (Å²) < 4.78 is 24.2. The average molecular weight is 546 g/mol. The zero-order chi connectivity index (χ0) is 28.1. The predicted octanol–water partition coefficient (Wildman–Crippen LogP) is 6.49. The quantitative estimate of drug-likeness (QED) is 0.219. The molecule has 2 N–H and O–H groups in total. The van der Waals surface area contributed by atoms with E-state index in [1.807, 2.05) is 42.5 Å². The molecule has 1 aliphatic rings. The van der Waals surface area contributed by atoms with E-state index in [0.29, 0.717) is 17.4 Å². The number of hydrogen-bond acceptors (Lipinski definition) is 6. The van der Waals surface area contributed by atoms with Crippen molar-refractivity contribution in [2.24, 2.45) is 17.8 Å². The fourth-order valence-corrected chi connectivity index (χ4v) is 5.56. The topological polar surface area (TPSA) is 110 Å². The summed E-state index contributed by atoms with van der Waals surface area (Å²) in [6, 6.07) is 16.0. The Morgan fingerprint density at radius 2 is 1.82 bits per heavy atom. The zero-order valence-corrected chi connectivity index (χ0v) is 23.1. The van der Waals surface area contributed by atoms with Crippen molar-refractivity contribution >= 4 is 40.2 Å². The van der Waals surface area contributed by atoms with Gasteiger partial charge in [0.1, 0.15) is 11.7 Å². The molecule has 2 heterocycles. The molecule has 0 spiro atoms. The van der Waals surface area contributed by atoms with Gasteiger partial charge in [-0.3, -0.25) is 9.61 Å². The summed E-state index contributed by atoms with van der Waals surface area (Å²) in [5.74, 6) is 1.31. The molecule has 2 aromatic carbocycles. The molecule has 2 atom stereocenters. The highest BCUT2D eigenvalue weighted by molar-refractivity contribution is 7.51. The normalized spacial score (nSPS) is 20.4. The highest BCUT2D eigenvalue weighted by Crippen LogP contribution is 2.37. The summed E-state index contributed by atoms with van der Waals surface area (Å²) in [5, 5.41) is 6.67. The van der Waals surface area contributed by atoms with E-state index in [4.69, 9.17) is 24.7 Å². The van der Waals surface area contributed by atoms with Crippen LogP contribution in [0.15, 0.2) is 54.7 Å². The van der Waals surface area contributed by atoms with E-state index in [9.17, 15) is 4.79 Å². The molecule has 0 aliphatic heterocycles. The Kier molecular flexibility index (Phi) is 8.62. The number of anilines is 2. The fourth-order valence-electron chi connectivity index (χ4n) is 5.56. The molecular weight excluding hydrogens is 514 g/mol. The standard InChI is InChI=1S/C29H31N5O2.O2S/c1-17-13-19(3)26(20(4)14-17)36-29(35)25-24(30-5)16-34-28(25)32-27(33-34)21-10-8-11-22(15-21)31-23-12-7-6-9-18(23)2;1-3-2/h6-12,15-17,19-20,26,31H,13-14H2,1-4H3,(H,32,33);. The van der Waals surface area contributed by atoms with Crippen molar-refractivity contribution in [3.8, 4) is 11.4 Å². The Morgan fingerprint density at radius 1 is 1.13 bits per heavy atom. The fraction of sp³-hybridized carbons (Fsp3) is 0.345. The van der Waals surface area contributed by atoms with Crippen molar-refractivity contribution in [2.45, 2.75) is 46.6 Å². The largest absolute Gasteiger partial charge is 0.459 e. The number of hydrogen-bond donors (Lipinski definition) is 2. The molecule has 202 valence electrons. The predicted molar refractivity (Wildman–Crippen MR) is 151 cm³/mol. The van der Waals surface area contributed by atoms with Crippen molar-refractivity contribution in [1.82, 2.24) is 14.6 Å². The van der Waals surface area contributed by atoms with Crippen LogP contribution in [0.1, 0.15) is 49.5 Å². The van der Waals surface area contributed by atoms with Crippen LogP contribution in [0.2, 0.25) is 0 Å². The molecule has 1 fully saturated rings. The van der Waals surface area contributed by atoms with E-state index >= 15 is 0 Å². The second kappa shape index (κ2) is 12.1. The number of benzene rings is 2. The second-order valence-electron chi connectivity index (χ2n) is 10.3. The van der Waals surface area contributed by atoms with Crippen LogP contribution < -0.4 is 5.32 Å². The lowest BCUT2D eigenvalue weighted by Crippen LogP contribution is -2.37. The molecule has 4 aromatic rings. The molecule has 0 bridgehead atoms. The first kappa shape index (κ1) is 27.8. The number of carbonyl (C=O) groups is 1. The van der Waals surface area contributed by atoms with Crippen LogP contribution in [0.3, 0.4) is 0 Å². The highest BCUT2D eigenvalue weighted by Gasteiger charge is 2.35. The monoisotopic (exact) mass is 545 g/mol. The number of nitrogens with zero attached hydrogens (tertiary/aromatic N) is 3. The number of esters is 1. The molecule has 10 heteroatoms. The minimum Gasteiger partial charge on any atom is -0.459 e. The van der Waals surface area contributed by atoms with Gasteiger partial charge in [-0.25, -0.2) is 14.6 Å². The van der Waals surface area contributed by atoms with Gasteiger partial charge in [0.15, 0.2) is 11.5 Å². The number of H-pyrrole nitrogens is 1. The molecule has 1 saturated carbocycles. The van der Waals surface area contributed by atoms with Gasteiger partial charge in [-0.05, 0) is 61.3 Å². The van der Waals surface area contributed by atoms with Gasteiger partial charge in [0.25, 0.3) is 0 Å². The Labute approximate surface area is 231 Å². The number of aryl methyl sites for hydroxylation is 1. The lowest BCUT2D eigenvalue weighted by Gasteiger charge is -2.37. The third kappa shape index (κ3) is 6.10. The van der Waals surface area contributed by atoms with E-state index in [1.54, 1.807) is 10.7 Å². The number of carbonyl (C=O) groups excluding carboxylic acids is 1. The van der Waals surface area contributed by atoms with Crippen molar-refractivity contribution in [1.29, 1.82) is 0 Å². The Morgan fingerprint density at radius 3 is 2.49 bits per heavy atom. The number of aromatic nitrogens is 3. The number of fused-ring (bicyclic) bond motifs is 1. The van der Waals surface area contributed by atoms with Crippen molar-refractivity contribution in [3.63, 3.8) is 0 Å². The van der Waals surface area contributed by atoms with Gasteiger partial charge in [-0.15, -0.1) is 0 Å². The SMILES string of the molecule is O=S=O.[C-]#[N+]c1cn2[nH]c(-c3cccc(Nc4ccccc4C)c3)nc2c1C(=O)OC1C(C)CC(C)CC1C. The number of aromatic amines is 1. The van der Waals surface area contributed by atoms with Crippen LogP contribution in [-0.2, 0) is 16.3 Å². The molecular formula is C29H31N5O4S. The maximum atomic E-state index is 13.3. The Hall–Kier alpha value is -4.23. The van der Waals surface area contributed by atoms with E-state index < -0.39 is 17.5 Å². The minimum absolute atomic E-state index is 0.162. The maximum absolute atomic E-state index is 13.3. The summed E-state index contributed by atoms with van der Waals surface area (Å²) in [4.78, 5) is 21.6. The summed E-state index contributed by atoms with van der Waals surface area (Å²) in [6.45, 7) is 16.2.